The summed E-state index contributed by atoms with van der Waals surface area (Å²) in [5, 5.41) is 12.1. The number of hydrogen-bond acceptors (Lipinski definition) is 3. The fourth-order valence-electron chi connectivity index (χ4n) is 2.75. The van der Waals surface area contributed by atoms with E-state index in [-0.39, 0.29) is 18.8 Å². The van der Waals surface area contributed by atoms with Crippen molar-refractivity contribution in [1.29, 1.82) is 0 Å². The zero-order valence-corrected chi connectivity index (χ0v) is 17.1. The van der Waals surface area contributed by atoms with Gasteiger partial charge < -0.3 is 15.2 Å². The minimum absolute atomic E-state index is 0.0709. The highest BCUT2D eigenvalue weighted by Gasteiger charge is 2.19. The van der Waals surface area contributed by atoms with Gasteiger partial charge in [-0.1, -0.05) is 12.1 Å². The zero-order valence-electron chi connectivity index (χ0n) is 13.9. The highest BCUT2D eigenvalue weighted by molar-refractivity contribution is 9.11. The number of anilines is 1. The average Bonchev–Trinajstić information content (AvgIpc) is 2.52. The lowest BCUT2D eigenvalue weighted by atomic mass is 9.93. The smallest absolute Gasteiger partial charge is 0.307 e. The van der Waals surface area contributed by atoms with E-state index >= 15 is 0 Å². The van der Waals surface area contributed by atoms with E-state index in [1.54, 1.807) is 24.3 Å². The van der Waals surface area contributed by atoms with E-state index in [9.17, 15) is 9.18 Å². The number of carboxylic acids is 1. The van der Waals surface area contributed by atoms with E-state index in [2.05, 4.69) is 37.2 Å². The van der Waals surface area contributed by atoms with Crippen LogP contribution in [0, 0.1) is 5.82 Å². The lowest BCUT2D eigenvalue weighted by Gasteiger charge is -2.28. The molecule has 1 aliphatic rings. The van der Waals surface area contributed by atoms with Crippen molar-refractivity contribution in [2.24, 2.45) is 0 Å². The highest BCUT2D eigenvalue weighted by Crippen LogP contribution is 2.36. The molecule has 0 heterocycles. The summed E-state index contributed by atoms with van der Waals surface area (Å²) in [6.07, 6.45) is 3.24. The van der Waals surface area contributed by atoms with E-state index < -0.39 is 5.97 Å². The molecule has 1 fully saturated rings. The van der Waals surface area contributed by atoms with Crippen molar-refractivity contribution in [2.45, 2.75) is 38.3 Å². The van der Waals surface area contributed by atoms with Crippen molar-refractivity contribution in [3.63, 3.8) is 0 Å². The minimum Gasteiger partial charge on any atom is -0.486 e. The van der Waals surface area contributed by atoms with Crippen LogP contribution in [-0.2, 0) is 17.8 Å². The van der Waals surface area contributed by atoms with Gasteiger partial charge in [-0.05, 0) is 74.9 Å². The molecule has 2 aromatic carbocycles. The van der Waals surface area contributed by atoms with Crippen LogP contribution < -0.4 is 10.1 Å². The Morgan fingerprint density at radius 2 is 1.96 bits per heavy atom. The maximum absolute atomic E-state index is 14.7. The second-order valence-electron chi connectivity index (χ2n) is 6.30. The molecule has 0 spiro atoms. The number of rotatable bonds is 7. The van der Waals surface area contributed by atoms with Gasteiger partial charge in [-0.3, -0.25) is 4.79 Å². The van der Waals surface area contributed by atoms with Crippen LogP contribution in [-0.4, -0.2) is 17.1 Å². The van der Waals surface area contributed by atoms with Gasteiger partial charge >= 0.3 is 5.97 Å². The number of hydrogen-bond donors (Lipinski definition) is 2. The van der Waals surface area contributed by atoms with Crippen molar-refractivity contribution < 1.29 is 19.0 Å². The molecule has 4 nitrogen and oxygen atoms in total. The van der Waals surface area contributed by atoms with Crippen LogP contribution >= 0.6 is 31.9 Å². The monoisotopic (exact) mass is 485 g/mol. The Bertz CT molecular complexity index is 801. The Kier molecular flexibility index (Phi) is 6.19. The summed E-state index contributed by atoms with van der Waals surface area (Å²) < 4.78 is 21.7. The van der Waals surface area contributed by atoms with Crippen LogP contribution in [0.5, 0.6) is 5.75 Å². The minimum atomic E-state index is -0.907. The Morgan fingerprint density at radius 1 is 1.27 bits per heavy atom. The molecule has 0 aromatic heterocycles. The third-order valence-corrected chi connectivity index (χ3v) is 5.51. The van der Waals surface area contributed by atoms with Crippen LogP contribution in [0.25, 0.3) is 0 Å². The predicted molar refractivity (Wildman–Crippen MR) is 105 cm³/mol. The molecule has 1 aliphatic carbocycles. The molecule has 26 heavy (non-hydrogen) atoms. The molecule has 0 radical (unpaired) electrons. The number of aliphatic carboxylic acids is 1. The normalized spacial score (nSPS) is 14.0. The third-order valence-electron chi connectivity index (χ3n) is 4.33. The number of halogens is 3. The second kappa shape index (κ2) is 8.39. The molecule has 2 aromatic rings. The molecule has 1 saturated carbocycles. The Morgan fingerprint density at radius 3 is 2.54 bits per heavy atom. The number of nitrogens with one attached hydrogen (secondary N) is 1. The number of carboxylic acid groups (broad SMARTS) is 1. The summed E-state index contributed by atoms with van der Waals surface area (Å²) in [5.41, 5.74) is 1.61. The fraction of sp³-hybridized carbons (Fsp3) is 0.316. The highest BCUT2D eigenvalue weighted by atomic mass is 79.9. The Balaban J connectivity index is 1.72. The van der Waals surface area contributed by atoms with Gasteiger partial charge in [0.25, 0.3) is 0 Å². The topological polar surface area (TPSA) is 58.6 Å². The summed E-state index contributed by atoms with van der Waals surface area (Å²) in [7, 11) is 0. The van der Waals surface area contributed by atoms with Gasteiger partial charge in [0.1, 0.15) is 12.4 Å². The third kappa shape index (κ3) is 4.57. The van der Waals surface area contributed by atoms with Gasteiger partial charge in [-0.15, -0.1) is 0 Å². The quantitative estimate of drug-likeness (QED) is 0.540. The lowest BCUT2D eigenvalue weighted by molar-refractivity contribution is -0.136. The molecule has 0 aliphatic heterocycles. The summed E-state index contributed by atoms with van der Waals surface area (Å²) in [6.45, 7) is 0.0709. The summed E-state index contributed by atoms with van der Waals surface area (Å²) >= 11 is 6.78. The molecule has 2 N–H and O–H groups in total. The van der Waals surface area contributed by atoms with Crippen LogP contribution in [0.15, 0.2) is 39.3 Å². The molecule has 138 valence electrons. The number of carbonyl (C=O) groups is 1. The SMILES string of the molecule is O=C(O)Cc1cc(Br)c(OCc2cccc(NC3CCC3)c2F)c(Br)c1. The van der Waals surface area contributed by atoms with Crippen LogP contribution in [0.2, 0.25) is 0 Å². The fourth-order valence-corrected chi connectivity index (χ4v) is 4.26. The van der Waals surface area contributed by atoms with E-state index in [1.807, 2.05) is 6.07 Å². The zero-order chi connectivity index (χ0) is 18.7. The largest absolute Gasteiger partial charge is 0.486 e. The van der Waals surface area contributed by atoms with Crippen molar-refractivity contribution in [2.75, 3.05) is 5.32 Å². The van der Waals surface area contributed by atoms with Gasteiger partial charge in [0, 0.05) is 11.6 Å². The summed E-state index contributed by atoms with van der Waals surface area (Å²) in [4.78, 5) is 10.8. The number of ether oxygens (including phenoxy) is 1. The first kappa shape index (κ1) is 19.2. The van der Waals surface area contributed by atoms with Crippen molar-refractivity contribution in [3.8, 4) is 5.75 Å². The molecular formula is C19H18Br2FNO3. The van der Waals surface area contributed by atoms with E-state index in [0.29, 0.717) is 37.6 Å². The standard InChI is InChI=1S/C19H18Br2FNO3/c20-14-7-11(9-17(24)25)8-15(21)19(14)26-10-12-3-1-6-16(18(12)22)23-13-4-2-5-13/h1,3,6-8,13,23H,2,4-5,9-10H2,(H,24,25). The van der Waals surface area contributed by atoms with Crippen LogP contribution in [0.4, 0.5) is 10.1 Å². The van der Waals surface area contributed by atoms with Crippen molar-refractivity contribution in [1.82, 2.24) is 0 Å². The molecule has 0 unspecified atom stereocenters. The van der Waals surface area contributed by atoms with Crippen LogP contribution in [0.3, 0.4) is 0 Å². The first-order valence-electron chi connectivity index (χ1n) is 8.30. The van der Waals surface area contributed by atoms with Gasteiger partial charge in [0.05, 0.1) is 21.1 Å². The van der Waals surface area contributed by atoms with Gasteiger partial charge in [-0.2, -0.15) is 0 Å². The van der Waals surface area contributed by atoms with Gasteiger partial charge in [0.2, 0.25) is 0 Å². The van der Waals surface area contributed by atoms with E-state index in [0.717, 1.165) is 12.8 Å². The molecule has 0 atom stereocenters. The summed E-state index contributed by atoms with van der Waals surface area (Å²) in [5.74, 6) is -0.694. The number of benzene rings is 2. The molecule has 0 bridgehead atoms. The van der Waals surface area contributed by atoms with Gasteiger partial charge in [0.15, 0.2) is 5.82 Å². The molecule has 0 amide bonds. The molecule has 0 saturated heterocycles. The van der Waals surface area contributed by atoms with E-state index in [1.165, 1.54) is 6.42 Å². The van der Waals surface area contributed by atoms with E-state index in [4.69, 9.17) is 9.84 Å². The summed E-state index contributed by atoms with van der Waals surface area (Å²) in [6, 6.07) is 8.98. The Labute approximate surface area is 168 Å². The van der Waals surface area contributed by atoms with Crippen molar-refractivity contribution in [3.05, 3.63) is 56.2 Å². The first-order valence-corrected chi connectivity index (χ1v) is 9.89. The maximum Gasteiger partial charge on any atom is 0.307 e. The maximum atomic E-state index is 14.7. The molecular weight excluding hydrogens is 469 g/mol. The Hall–Kier alpha value is -1.60. The molecule has 7 heteroatoms. The van der Waals surface area contributed by atoms with Crippen molar-refractivity contribution >= 4 is 43.5 Å². The average molecular weight is 487 g/mol. The second-order valence-corrected chi connectivity index (χ2v) is 8.01. The van der Waals surface area contributed by atoms with Gasteiger partial charge in [-0.25, -0.2) is 4.39 Å². The lowest BCUT2D eigenvalue weighted by Crippen LogP contribution is -2.27. The first-order chi connectivity index (χ1) is 12.4. The predicted octanol–water partition coefficient (Wildman–Crippen LogP) is 5.52. The molecule has 3 rings (SSSR count). The van der Waals surface area contributed by atoms with Crippen LogP contribution in [0.1, 0.15) is 30.4 Å².